The average Bonchev–Trinajstić information content (AvgIpc) is 3.30. The van der Waals surface area contributed by atoms with Gasteiger partial charge in [-0.25, -0.2) is 0 Å². The molecule has 0 aliphatic heterocycles. The second-order valence-corrected chi connectivity index (χ2v) is 6.64. The van der Waals surface area contributed by atoms with Gasteiger partial charge in [-0.3, -0.25) is 4.79 Å². The van der Waals surface area contributed by atoms with Crippen molar-refractivity contribution in [1.29, 1.82) is 0 Å². The van der Waals surface area contributed by atoms with Crippen LogP contribution in [0.25, 0.3) is 0 Å². The normalized spacial score (nSPS) is 15.6. The molecule has 2 heteroatoms. The van der Waals surface area contributed by atoms with Crippen LogP contribution in [0.3, 0.4) is 0 Å². The van der Waals surface area contributed by atoms with Crippen molar-refractivity contribution < 1.29 is 4.79 Å². The molecule has 1 saturated carbocycles. The van der Waals surface area contributed by atoms with Gasteiger partial charge in [-0.15, -0.1) is 0 Å². The van der Waals surface area contributed by atoms with Crippen molar-refractivity contribution in [3.8, 4) is 0 Å². The first-order valence-corrected chi connectivity index (χ1v) is 8.00. The summed E-state index contributed by atoms with van der Waals surface area (Å²) in [5.74, 6) is 0.524. The first-order chi connectivity index (χ1) is 10.5. The number of carbonyl (C=O) groups excluding carboxylic acids is 1. The van der Waals surface area contributed by atoms with Crippen LogP contribution in [-0.4, -0.2) is 5.91 Å². The third-order valence-electron chi connectivity index (χ3n) is 4.62. The number of aryl methyl sites for hydroxylation is 1. The maximum absolute atomic E-state index is 12.8. The molecule has 1 aliphatic carbocycles. The van der Waals surface area contributed by atoms with E-state index in [9.17, 15) is 4.79 Å². The molecule has 0 saturated heterocycles. The molecule has 22 heavy (non-hydrogen) atoms. The zero-order chi connectivity index (χ0) is 15.7. The molecule has 0 heterocycles. The van der Waals surface area contributed by atoms with Gasteiger partial charge in [0, 0.05) is 5.69 Å². The van der Waals surface area contributed by atoms with E-state index in [0.29, 0.717) is 5.92 Å². The Morgan fingerprint density at radius 3 is 2.27 bits per heavy atom. The standard InChI is InChI=1S/C20H23NO/c1-14(2)17-6-4-5-7-18(17)21-19(22)20(12-13-20)16-10-8-15(3)9-11-16/h4-11,14H,12-13H2,1-3H3,(H,21,22). The van der Waals surface area contributed by atoms with Crippen molar-refractivity contribution in [3.05, 3.63) is 65.2 Å². The molecule has 0 atom stereocenters. The highest BCUT2D eigenvalue weighted by atomic mass is 16.2. The minimum Gasteiger partial charge on any atom is -0.325 e. The molecule has 2 aromatic rings. The van der Waals surface area contributed by atoms with Crippen molar-refractivity contribution in [2.75, 3.05) is 5.32 Å². The predicted molar refractivity (Wildman–Crippen MR) is 91.3 cm³/mol. The Balaban J connectivity index is 1.85. The maximum Gasteiger partial charge on any atom is 0.235 e. The van der Waals surface area contributed by atoms with Crippen LogP contribution in [0.1, 0.15) is 49.3 Å². The molecule has 1 N–H and O–H groups in total. The lowest BCUT2D eigenvalue weighted by molar-refractivity contribution is -0.118. The second kappa shape index (κ2) is 5.60. The first-order valence-electron chi connectivity index (χ1n) is 8.00. The topological polar surface area (TPSA) is 29.1 Å². The zero-order valence-corrected chi connectivity index (χ0v) is 13.5. The van der Waals surface area contributed by atoms with Crippen molar-refractivity contribution in [1.82, 2.24) is 0 Å². The van der Waals surface area contributed by atoms with Crippen LogP contribution in [0, 0.1) is 6.92 Å². The van der Waals surface area contributed by atoms with Crippen LogP contribution in [0.5, 0.6) is 0 Å². The molecule has 2 aromatic carbocycles. The fraction of sp³-hybridized carbons (Fsp3) is 0.350. The van der Waals surface area contributed by atoms with Crippen molar-refractivity contribution >= 4 is 11.6 Å². The smallest absolute Gasteiger partial charge is 0.235 e. The van der Waals surface area contributed by atoms with Crippen LogP contribution in [0.4, 0.5) is 5.69 Å². The van der Waals surface area contributed by atoms with E-state index in [2.05, 4.69) is 56.4 Å². The van der Waals surface area contributed by atoms with E-state index in [1.54, 1.807) is 0 Å². The lowest BCUT2D eigenvalue weighted by Gasteiger charge is -2.19. The van der Waals surface area contributed by atoms with Gasteiger partial charge in [0.2, 0.25) is 5.91 Å². The molecule has 0 aromatic heterocycles. The lowest BCUT2D eigenvalue weighted by atomic mass is 9.93. The van der Waals surface area contributed by atoms with Gasteiger partial charge in [0.1, 0.15) is 0 Å². The number of nitrogens with one attached hydrogen (secondary N) is 1. The monoisotopic (exact) mass is 293 g/mol. The van der Waals surface area contributed by atoms with Gasteiger partial charge >= 0.3 is 0 Å². The quantitative estimate of drug-likeness (QED) is 0.863. The van der Waals surface area contributed by atoms with Crippen LogP contribution < -0.4 is 5.32 Å². The van der Waals surface area contributed by atoms with E-state index >= 15 is 0 Å². The highest BCUT2D eigenvalue weighted by Crippen LogP contribution is 2.49. The number of anilines is 1. The summed E-state index contributed by atoms with van der Waals surface area (Å²) in [7, 11) is 0. The Labute approximate surface area is 132 Å². The van der Waals surface area contributed by atoms with E-state index in [1.165, 1.54) is 11.1 Å². The van der Waals surface area contributed by atoms with E-state index in [-0.39, 0.29) is 11.3 Å². The Bertz CT molecular complexity index is 681. The SMILES string of the molecule is Cc1ccc(C2(C(=O)Nc3ccccc3C(C)C)CC2)cc1. The van der Waals surface area contributed by atoms with Crippen molar-refractivity contribution in [2.45, 2.75) is 44.9 Å². The number of amides is 1. The van der Waals surface area contributed by atoms with Gasteiger partial charge < -0.3 is 5.32 Å². The maximum atomic E-state index is 12.8. The largest absolute Gasteiger partial charge is 0.325 e. The molecule has 2 nitrogen and oxygen atoms in total. The van der Waals surface area contributed by atoms with E-state index in [0.717, 1.165) is 24.1 Å². The van der Waals surface area contributed by atoms with Gasteiger partial charge in [-0.05, 0) is 42.9 Å². The Kier molecular flexibility index (Phi) is 3.78. The van der Waals surface area contributed by atoms with Gasteiger partial charge in [0.15, 0.2) is 0 Å². The van der Waals surface area contributed by atoms with Crippen molar-refractivity contribution in [3.63, 3.8) is 0 Å². The molecule has 0 spiro atoms. The summed E-state index contributed by atoms with van der Waals surface area (Å²) in [4.78, 5) is 12.8. The fourth-order valence-corrected chi connectivity index (χ4v) is 3.00. The van der Waals surface area contributed by atoms with Crippen LogP contribution in [0.15, 0.2) is 48.5 Å². The van der Waals surface area contributed by atoms with Gasteiger partial charge in [-0.1, -0.05) is 61.9 Å². The molecule has 0 bridgehead atoms. The van der Waals surface area contributed by atoms with E-state index in [4.69, 9.17) is 0 Å². The first kappa shape index (κ1) is 14.8. The van der Waals surface area contributed by atoms with Crippen LogP contribution in [0.2, 0.25) is 0 Å². The van der Waals surface area contributed by atoms with Crippen LogP contribution >= 0.6 is 0 Å². The lowest BCUT2D eigenvalue weighted by Crippen LogP contribution is -2.28. The Hall–Kier alpha value is -2.09. The number of hydrogen-bond donors (Lipinski definition) is 1. The third-order valence-corrected chi connectivity index (χ3v) is 4.62. The molecular formula is C20H23NO. The number of hydrogen-bond acceptors (Lipinski definition) is 1. The number of benzene rings is 2. The summed E-state index contributed by atoms with van der Waals surface area (Å²) in [6, 6.07) is 16.5. The summed E-state index contributed by atoms with van der Waals surface area (Å²) in [6.07, 6.45) is 1.87. The summed E-state index contributed by atoms with van der Waals surface area (Å²) in [5, 5.41) is 3.17. The Morgan fingerprint density at radius 1 is 1.05 bits per heavy atom. The van der Waals surface area contributed by atoms with Gasteiger partial charge in [-0.2, -0.15) is 0 Å². The molecule has 1 aliphatic rings. The second-order valence-electron chi connectivity index (χ2n) is 6.64. The number of rotatable bonds is 4. The average molecular weight is 293 g/mol. The highest BCUT2D eigenvalue weighted by molar-refractivity contribution is 6.01. The summed E-state index contributed by atoms with van der Waals surface area (Å²) >= 11 is 0. The third kappa shape index (κ3) is 2.66. The van der Waals surface area contributed by atoms with E-state index < -0.39 is 0 Å². The molecule has 3 rings (SSSR count). The fourth-order valence-electron chi connectivity index (χ4n) is 3.00. The minimum absolute atomic E-state index is 0.129. The van der Waals surface area contributed by atoms with E-state index in [1.807, 2.05) is 18.2 Å². The Morgan fingerprint density at radius 2 is 1.68 bits per heavy atom. The number of carbonyl (C=O) groups is 1. The molecular weight excluding hydrogens is 270 g/mol. The minimum atomic E-state index is -0.322. The van der Waals surface area contributed by atoms with Gasteiger partial charge in [0.05, 0.1) is 5.41 Å². The molecule has 1 fully saturated rings. The van der Waals surface area contributed by atoms with Gasteiger partial charge in [0.25, 0.3) is 0 Å². The molecule has 0 radical (unpaired) electrons. The zero-order valence-electron chi connectivity index (χ0n) is 13.5. The summed E-state index contributed by atoms with van der Waals surface area (Å²) in [5.41, 5.74) is 4.18. The van der Waals surface area contributed by atoms with Crippen molar-refractivity contribution in [2.24, 2.45) is 0 Å². The molecule has 114 valence electrons. The molecule has 0 unspecified atom stereocenters. The highest BCUT2D eigenvalue weighted by Gasteiger charge is 2.51. The molecule has 1 amide bonds. The summed E-state index contributed by atoms with van der Waals surface area (Å²) in [6.45, 7) is 6.37. The van der Waals surface area contributed by atoms with Crippen LogP contribution in [-0.2, 0) is 10.2 Å². The number of para-hydroxylation sites is 1. The predicted octanol–water partition coefficient (Wildman–Crippen LogP) is 4.79. The summed E-state index contributed by atoms with van der Waals surface area (Å²) < 4.78 is 0.